The van der Waals surface area contributed by atoms with Crippen LogP contribution in [0.4, 0.5) is 0 Å². The van der Waals surface area contributed by atoms with Gasteiger partial charge in [-0.3, -0.25) is 14.2 Å². The van der Waals surface area contributed by atoms with E-state index in [4.69, 9.17) is 16.6 Å². The molecule has 144 valence electrons. The number of thioether (sulfide) groups is 1. The molecular formula is C19H18ClN5O2S. The Balaban J connectivity index is 1.53. The first kappa shape index (κ1) is 17.8. The number of nitrogens with zero attached hydrogens (tertiary/aromatic N) is 5. The highest BCUT2D eigenvalue weighted by molar-refractivity contribution is 7.99. The van der Waals surface area contributed by atoms with Crippen molar-refractivity contribution in [2.45, 2.75) is 30.5 Å². The molecule has 3 aromatic rings. The minimum Gasteiger partial charge on any atom is -0.343 e. The first-order valence-corrected chi connectivity index (χ1v) is 10.6. The number of likely N-dealkylation sites (tertiary alicyclic amines) is 1. The first-order valence-electron chi connectivity index (χ1n) is 9.28. The van der Waals surface area contributed by atoms with E-state index in [2.05, 4.69) is 5.10 Å². The maximum Gasteiger partial charge on any atom is 0.265 e. The van der Waals surface area contributed by atoms with Crippen LogP contribution in [0, 0.1) is 0 Å². The van der Waals surface area contributed by atoms with E-state index in [1.165, 1.54) is 11.8 Å². The molecule has 0 radical (unpaired) electrons. The Kier molecular flexibility index (Phi) is 4.40. The number of benzene rings is 1. The van der Waals surface area contributed by atoms with Crippen LogP contribution in [0.5, 0.6) is 0 Å². The topological polar surface area (TPSA) is 73.0 Å². The molecule has 0 N–H and O–H groups in total. The second kappa shape index (κ2) is 6.93. The Morgan fingerprint density at radius 2 is 2.11 bits per heavy atom. The lowest BCUT2D eigenvalue weighted by Crippen LogP contribution is -2.32. The van der Waals surface area contributed by atoms with Crippen LogP contribution in [0.15, 0.2) is 40.4 Å². The summed E-state index contributed by atoms with van der Waals surface area (Å²) in [5, 5.41) is 6.03. The van der Waals surface area contributed by atoms with Crippen LogP contribution in [-0.2, 0) is 4.79 Å². The standard InChI is InChI=1S/C19H18ClN5O2S/c20-12-4-3-5-13(8-12)25-17-15(10-21-25)18(27)24-14(11-28-19(24)22-17)9-16(26)23-6-1-2-7-23/h3-5,8,10,14H,1-2,6-7,9,11H2/t14-/m1/s1. The monoisotopic (exact) mass is 415 g/mol. The Hall–Kier alpha value is -2.32. The van der Waals surface area contributed by atoms with Crippen LogP contribution in [0.1, 0.15) is 25.3 Å². The number of fused-ring (bicyclic) bond motifs is 2. The lowest BCUT2D eigenvalue weighted by atomic mass is 10.2. The highest BCUT2D eigenvalue weighted by Crippen LogP contribution is 2.34. The number of amides is 1. The van der Waals surface area contributed by atoms with E-state index in [0.717, 1.165) is 31.6 Å². The van der Waals surface area contributed by atoms with Gasteiger partial charge in [0.05, 0.1) is 17.9 Å². The summed E-state index contributed by atoms with van der Waals surface area (Å²) in [7, 11) is 0. The number of carbonyl (C=O) groups is 1. The van der Waals surface area contributed by atoms with Crippen molar-refractivity contribution >= 4 is 40.3 Å². The van der Waals surface area contributed by atoms with Gasteiger partial charge in [-0.2, -0.15) is 5.10 Å². The van der Waals surface area contributed by atoms with Gasteiger partial charge in [0.15, 0.2) is 10.8 Å². The molecule has 1 fully saturated rings. The molecule has 2 aliphatic rings. The van der Waals surface area contributed by atoms with Gasteiger partial charge in [-0.15, -0.1) is 0 Å². The van der Waals surface area contributed by atoms with Gasteiger partial charge in [0.1, 0.15) is 5.39 Å². The summed E-state index contributed by atoms with van der Waals surface area (Å²) < 4.78 is 3.30. The molecule has 0 spiro atoms. The lowest BCUT2D eigenvalue weighted by molar-refractivity contribution is -0.130. The predicted molar refractivity (Wildman–Crippen MR) is 108 cm³/mol. The van der Waals surface area contributed by atoms with Gasteiger partial charge in [0, 0.05) is 30.3 Å². The Morgan fingerprint density at radius 1 is 1.29 bits per heavy atom. The molecule has 9 heteroatoms. The summed E-state index contributed by atoms with van der Waals surface area (Å²) in [5.41, 5.74) is 1.12. The van der Waals surface area contributed by atoms with Crippen LogP contribution in [-0.4, -0.2) is 49.0 Å². The number of carbonyl (C=O) groups excluding carboxylic acids is 1. The average Bonchev–Trinajstić information content (AvgIpc) is 3.42. The van der Waals surface area contributed by atoms with Crippen molar-refractivity contribution in [2.24, 2.45) is 0 Å². The van der Waals surface area contributed by atoms with Crippen molar-refractivity contribution in [3.05, 3.63) is 45.8 Å². The maximum absolute atomic E-state index is 13.2. The fourth-order valence-corrected chi connectivity index (χ4v) is 5.19. The third-order valence-corrected chi connectivity index (χ3v) is 6.63. The largest absolute Gasteiger partial charge is 0.343 e. The van der Waals surface area contributed by atoms with Crippen LogP contribution in [0.3, 0.4) is 0 Å². The number of hydrogen-bond donors (Lipinski definition) is 0. The van der Waals surface area contributed by atoms with Crippen molar-refractivity contribution in [3.63, 3.8) is 0 Å². The third kappa shape index (κ3) is 2.91. The summed E-state index contributed by atoms with van der Waals surface area (Å²) in [4.78, 5) is 32.3. The minimum atomic E-state index is -0.160. The summed E-state index contributed by atoms with van der Waals surface area (Å²) in [6, 6.07) is 7.11. The molecule has 0 aliphatic carbocycles. The number of hydrogen-bond acceptors (Lipinski definition) is 5. The van der Waals surface area contributed by atoms with Gasteiger partial charge in [0.25, 0.3) is 5.56 Å². The van der Waals surface area contributed by atoms with E-state index in [1.54, 1.807) is 27.6 Å². The van der Waals surface area contributed by atoms with E-state index in [0.29, 0.717) is 33.4 Å². The van der Waals surface area contributed by atoms with Crippen LogP contribution >= 0.6 is 23.4 Å². The maximum atomic E-state index is 13.2. The number of halogens is 1. The molecule has 2 aliphatic heterocycles. The van der Waals surface area contributed by atoms with Crippen molar-refractivity contribution in [2.75, 3.05) is 18.8 Å². The summed E-state index contributed by atoms with van der Waals surface area (Å²) in [6.45, 7) is 1.65. The predicted octanol–water partition coefficient (Wildman–Crippen LogP) is 2.89. The summed E-state index contributed by atoms with van der Waals surface area (Å²) in [5.74, 6) is 0.802. The normalized spacial score (nSPS) is 18.8. The Labute approximate surface area is 170 Å². The van der Waals surface area contributed by atoms with Gasteiger partial charge in [0.2, 0.25) is 5.91 Å². The molecule has 1 amide bonds. The van der Waals surface area contributed by atoms with Crippen molar-refractivity contribution in [1.82, 2.24) is 24.2 Å². The average molecular weight is 416 g/mol. The van der Waals surface area contributed by atoms with E-state index in [1.807, 2.05) is 17.0 Å². The highest BCUT2D eigenvalue weighted by atomic mass is 35.5. The van der Waals surface area contributed by atoms with Gasteiger partial charge in [-0.1, -0.05) is 29.4 Å². The van der Waals surface area contributed by atoms with Crippen molar-refractivity contribution in [3.8, 4) is 5.69 Å². The SMILES string of the molecule is O=C(C[C@@H]1CSc2nc3c(cnn3-c3cccc(Cl)c3)c(=O)n21)N1CCCC1. The molecule has 1 aromatic carbocycles. The molecule has 28 heavy (non-hydrogen) atoms. The second-order valence-corrected chi connectivity index (χ2v) is 8.52. The molecule has 2 aromatic heterocycles. The van der Waals surface area contributed by atoms with Gasteiger partial charge >= 0.3 is 0 Å². The van der Waals surface area contributed by atoms with Gasteiger partial charge in [-0.25, -0.2) is 9.67 Å². The molecule has 5 rings (SSSR count). The summed E-state index contributed by atoms with van der Waals surface area (Å²) >= 11 is 7.61. The lowest BCUT2D eigenvalue weighted by Gasteiger charge is -2.19. The molecule has 0 unspecified atom stereocenters. The van der Waals surface area contributed by atoms with Gasteiger partial charge < -0.3 is 4.90 Å². The van der Waals surface area contributed by atoms with Crippen LogP contribution in [0.2, 0.25) is 5.02 Å². The zero-order valence-corrected chi connectivity index (χ0v) is 16.6. The van der Waals surface area contributed by atoms with E-state index in [-0.39, 0.29) is 17.5 Å². The van der Waals surface area contributed by atoms with Crippen molar-refractivity contribution < 1.29 is 4.79 Å². The molecule has 0 bridgehead atoms. The van der Waals surface area contributed by atoms with Crippen LogP contribution < -0.4 is 5.56 Å². The summed E-state index contributed by atoms with van der Waals surface area (Å²) in [6.07, 6.45) is 4.01. The van der Waals surface area contributed by atoms with E-state index < -0.39 is 0 Å². The molecule has 4 heterocycles. The molecule has 7 nitrogen and oxygen atoms in total. The van der Waals surface area contributed by atoms with Crippen molar-refractivity contribution in [1.29, 1.82) is 0 Å². The van der Waals surface area contributed by atoms with E-state index in [9.17, 15) is 9.59 Å². The minimum absolute atomic E-state index is 0.123. The third-order valence-electron chi connectivity index (χ3n) is 5.29. The molecule has 0 saturated carbocycles. The zero-order chi connectivity index (χ0) is 19.3. The van der Waals surface area contributed by atoms with E-state index >= 15 is 0 Å². The van der Waals surface area contributed by atoms with Crippen LogP contribution in [0.25, 0.3) is 16.7 Å². The molecular weight excluding hydrogens is 398 g/mol. The molecule has 1 atom stereocenters. The first-order chi connectivity index (χ1) is 13.6. The smallest absolute Gasteiger partial charge is 0.265 e. The number of aromatic nitrogens is 4. The fraction of sp³-hybridized carbons (Fsp3) is 0.368. The highest BCUT2D eigenvalue weighted by Gasteiger charge is 2.31. The fourth-order valence-electron chi connectivity index (χ4n) is 3.87. The quantitative estimate of drug-likeness (QED) is 0.615. The second-order valence-electron chi connectivity index (χ2n) is 7.10. The number of rotatable bonds is 3. The van der Waals surface area contributed by atoms with Gasteiger partial charge in [-0.05, 0) is 31.0 Å². The zero-order valence-electron chi connectivity index (χ0n) is 15.0. The molecule has 1 saturated heterocycles. The Morgan fingerprint density at radius 3 is 2.89 bits per heavy atom. The Bertz CT molecular complexity index is 1140.